The highest BCUT2D eigenvalue weighted by atomic mass is 31.2. The van der Waals surface area contributed by atoms with E-state index in [1.807, 2.05) is 0 Å². The molecule has 0 N–H and O–H groups in total. The van der Waals surface area contributed by atoms with E-state index in [2.05, 4.69) is 0 Å². The lowest BCUT2D eigenvalue weighted by Crippen LogP contribution is -2.70. The molecule has 1 aliphatic rings. The summed E-state index contributed by atoms with van der Waals surface area (Å²) in [6.45, 7) is 11.7. The zero-order chi connectivity index (χ0) is 35.1. The molecule has 4 aromatic carbocycles. The van der Waals surface area contributed by atoms with Crippen molar-refractivity contribution in [3.05, 3.63) is 127 Å². The molecule has 0 amide bonds. The lowest BCUT2D eigenvalue weighted by molar-refractivity contribution is 0.382. The van der Waals surface area contributed by atoms with E-state index in [9.17, 15) is 8.78 Å². The number of hydrogen-bond acceptors (Lipinski definition) is 0. The van der Waals surface area contributed by atoms with Crippen LogP contribution in [-0.2, 0) is 0 Å². The molecule has 0 saturated heterocycles. The molecule has 0 spiro atoms. The van der Waals surface area contributed by atoms with Gasteiger partial charge in [-0.15, -0.1) is 12.4 Å². The van der Waals surface area contributed by atoms with Crippen molar-refractivity contribution in [3.8, 4) is 0 Å². The van der Waals surface area contributed by atoms with Crippen LogP contribution in [-0.4, -0.2) is 12.0 Å². The van der Waals surface area contributed by atoms with E-state index in [4.69, 9.17) is 0 Å². The lowest BCUT2D eigenvalue weighted by atomic mass is 9.35. The summed E-state index contributed by atoms with van der Waals surface area (Å²) in [5, 5.41) is 0.636. The largest absolute Gasteiger partial charge is 0.246 e. The van der Waals surface area contributed by atoms with Crippen LogP contribution in [0.15, 0.2) is 35.9 Å². The van der Waals surface area contributed by atoms with Gasteiger partial charge in [-0.2, -0.15) is 0 Å². The maximum absolute atomic E-state index is 16.4. The topological polar surface area (TPSA) is 0 Å². The van der Waals surface area contributed by atoms with Crippen LogP contribution in [0.1, 0.15) is 40.3 Å². The third-order valence-electron chi connectivity index (χ3n) is 9.57. The third kappa shape index (κ3) is 4.78. The van der Waals surface area contributed by atoms with Gasteiger partial charge in [0, 0.05) is 0 Å². The van der Waals surface area contributed by atoms with Crippen molar-refractivity contribution in [2.75, 3.05) is 6.16 Å². The maximum atomic E-state index is 16.4. The van der Waals surface area contributed by atoms with Gasteiger partial charge in [0.05, 0.1) is 16.8 Å². The van der Waals surface area contributed by atoms with Gasteiger partial charge in [0.25, 0.3) is 0 Å². The average molecular weight is 682 g/mol. The van der Waals surface area contributed by atoms with Crippen molar-refractivity contribution in [2.24, 2.45) is 0 Å². The number of allylic oxidation sites excluding steroid dienone is 2. The summed E-state index contributed by atoms with van der Waals surface area (Å²) in [5.74, 6) is -28.4. The SMILES string of the molecule is CC1=CC[B-](c2c(F)c(F)c(F)c(F)c2F)(c2c(F)c(F)c(F)c(F)c2F)[P+](c2c(C)cc(C)cc2C)(c2c(C)cc(C)cc2C)C1. The smallest absolute Gasteiger partial charge is 0.207 e. The summed E-state index contributed by atoms with van der Waals surface area (Å²) in [5.41, 5.74) is 0.659. The van der Waals surface area contributed by atoms with Crippen molar-refractivity contribution in [1.82, 2.24) is 0 Å². The van der Waals surface area contributed by atoms with Gasteiger partial charge in [-0.05, 0) is 76.3 Å². The Morgan fingerprint density at radius 2 is 0.723 bits per heavy atom. The van der Waals surface area contributed by atoms with E-state index in [1.165, 1.54) is 6.08 Å². The van der Waals surface area contributed by atoms with Crippen LogP contribution in [0.2, 0.25) is 6.32 Å². The fraction of sp³-hybridized carbons (Fsp3) is 0.257. The van der Waals surface area contributed by atoms with Gasteiger partial charge in [-0.3, -0.25) is 0 Å². The monoisotopic (exact) mass is 682 g/mol. The molecule has 0 aliphatic carbocycles. The summed E-state index contributed by atoms with van der Waals surface area (Å²) in [7, 11) is -4.12. The van der Waals surface area contributed by atoms with E-state index in [0.29, 0.717) is 38.4 Å². The van der Waals surface area contributed by atoms with Crippen molar-refractivity contribution in [3.63, 3.8) is 0 Å². The first kappa shape index (κ1) is 34.7. The van der Waals surface area contributed by atoms with Crippen LogP contribution in [0.5, 0.6) is 0 Å². The molecule has 0 atom stereocenters. The van der Waals surface area contributed by atoms with E-state index >= 15 is 35.1 Å². The van der Waals surface area contributed by atoms with Gasteiger partial charge in [-0.25, -0.2) is 43.9 Å². The number of benzene rings is 4. The highest BCUT2D eigenvalue weighted by Crippen LogP contribution is 2.70. The minimum absolute atomic E-state index is 0.221. The number of halogens is 10. The summed E-state index contributed by atoms with van der Waals surface area (Å²) in [6, 6.07) is 6.81. The van der Waals surface area contributed by atoms with Gasteiger partial charge in [0.2, 0.25) is 5.87 Å². The Morgan fingerprint density at radius 3 is 1.02 bits per heavy atom. The minimum Gasteiger partial charge on any atom is -0.207 e. The highest BCUT2D eigenvalue weighted by Gasteiger charge is 2.65. The fourth-order valence-corrected chi connectivity index (χ4v) is 15.6. The van der Waals surface area contributed by atoms with E-state index in [-0.39, 0.29) is 6.16 Å². The molecule has 1 aliphatic heterocycles. The van der Waals surface area contributed by atoms with E-state index in [0.717, 1.165) is 11.1 Å². The number of rotatable bonds is 4. The molecule has 5 rings (SSSR count). The quantitative estimate of drug-likeness (QED) is 0.0506. The van der Waals surface area contributed by atoms with Crippen LogP contribution >= 0.6 is 7.14 Å². The summed E-state index contributed by atoms with van der Waals surface area (Å²) in [6.07, 6.45) is 0.309. The lowest BCUT2D eigenvalue weighted by Gasteiger charge is -2.55. The molecule has 12 heteroatoms. The molecule has 0 aromatic heterocycles. The van der Waals surface area contributed by atoms with Crippen molar-refractivity contribution in [1.29, 1.82) is 0 Å². The summed E-state index contributed by atoms with van der Waals surface area (Å²) < 4.78 is 156. The Bertz CT molecular complexity index is 1800. The van der Waals surface area contributed by atoms with Crippen molar-refractivity contribution < 1.29 is 43.9 Å². The summed E-state index contributed by atoms with van der Waals surface area (Å²) in [4.78, 5) is 0. The summed E-state index contributed by atoms with van der Waals surface area (Å²) >= 11 is 0. The molecule has 0 nitrogen and oxygen atoms in total. The van der Waals surface area contributed by atoms with Crippen molar-refractivity contribution >= 4 is 34.5 Å². The molecule has 1 heterocycles. The molecule has 0 radical (unpaired) electrons. The third-order valence-corrected chi connectivity index (χ3v) is 15.8. The van der Waals surface area contributed by atoms with Crippen LogP contribution in [0.25, 0.3) is 0 Å². The van der Waals surface area contributed by atoms with Gasteiger partial charge in [0.1, 0.15) is 23.3 Å². The number of aryl methyl sites for hydroxylation is 6. The second-order valence-electron chi connectivity index (χ2n) is 12.8. The normalized spacial score (nSPS) is 15.6. The molecule has 47 heavy (non-hydrogen) atoms. The van der Waals surface area contributed by atoms with Gasteiger partial charge in [-0.1, -0.05) is 53.5 Å². The molecule has 0 fully saturated rings. The Labute approximate surface area is 266 Å². The molecule has 4 aromatic rings. The predicted octanol–water partition coefficient (Wildman–Crippen LogP) is 8.62. The first-order valence-electron chi connectivity index (χ1n) is 14.8. The Balaban J connectivity index is 2.28. The first-order valence-corrected chi connectivity index (χ1v) is 16.8. The molecular weight excluding hydrogens is 652 g/mol. The maximum Gasteiger partial charge on any atom is 0.246 e. The van der Waals surface area contributed by atoms with E-state index < -0.39 is 88.4 Å². The second kappa shape index (κ2) is 11.8. The second-order valence-corrected chi connectivity index (χ2v) is 16.6. The average Bonchev–Trinajstić information content (AvgIpc) is 2.97. The van der Waals surface area contributed by atoms with Crippen LogP contribution < -0.4 is 21.5 Å². The zero-order valence-electron chi connectivity index (χ0n) is 26.6. The Kier molecular flexibility index (Phi) is 8.75. The number of hydrogen-bond donors (Lipinski definition) is 0. The molecular formula is C35H30BF10P. The van der Waals surface area contributed by atoms with Gasteiger partial charge < -0.3 is 0 Å². The van der Waals surface area contributed by atoms with Crippen LogP contribution in [0.3, 0.4) is 0 Å². The Morgan fingerprint density at radius 1 is 0.447 bits per heavy atom. The standard InChI is InChI=1S/C35H30BF10P/c1-15-8-9-36(22-24(37)28(41)32(45)29(42)25(22)38,23-26(39)30(43)33(46)31(44)27(23)40)47(14-15,34-18(4)10-16(2)11-19(34)5)35-20(6)12-17(3)13-21(35)7/h8,10-13H,9,14H2,1-7H3. The van der Waals surface area contributed by atoms with Crippen molar-refractivity contribution in [2.45, 2.75) is 54.8 Å². The first-order chi connectivity index (χ1) is 21.8. The van der Waals surface area contributed by atoms with Gasteiger partial charge in [0.15, 0.2) is 34.9 Å². The molecule has 0 unspecified atom stereocenters. The molecule has 248 valence electrons. The predicted molar refractivity (Wildman–Crippen MR) is 168 cm³/mol. The van der Waals surface area contributed by atoms with E-state index in [1.54, 1.807) is 72.7 Å². The van der Waals surface area contributed by atoms with Crippen LogP contribution in [0.4, 0.5) is 43.9 Å². The highest BCUT2D eigenvalue weighted by molar-refractivity contribution is 8.21. The Hall–Kier alpha value is -3.59. The molecule has 0 bridgehead atoms. The minimum atomic E-state index is -4.15. The molecule has 0 saturated carbocycles. The fourth-order valence-electron chi connectivity index (χ4n) is 8.38. The van der Waals surface area contributed by atoms with Gasteiger partial charge >= 0.3 is 0 Å². The zero-order valence-corrected chi connectivity index (χ0v) is 27.5. The van der Waals surface area contributed by atoms with Crippen LogP contribution in [0, 0.1) is 99.7 Å².